The first kappa shape index (κ1) is 21.2. The number of rotatable bonds is 4. The minimum absolute atomic E-state index is 0.302. The van der Waals surface area contributed by atoms with Gasteiger partial charge in [-0.05, 0) is 80.6 Å². The summed E-state index contributed by atoms with van der Waals surface area (Å²) in [7, 11) is 3.23. The van der Waals surface area contributed by atoms with Crippen molar-refractivity contribution in [3.63, 3.8) is 0 Å². The van der Waals surface area contributed by atoms with Gasteiger partial charge in [-0.15, -0.1) is 0 Å². The smallest absolute Gasteiger partial charge is 0.310 e. The Labute approximate surface area is 204 Å². The average molecular weight is 472 g/mol. The molecule has 7 heteroatoms. The fraction of sp³-hybridized carbons (Fsp3) is 0.536. The highest BCUT2D eigenvalue weighted by atomic mass is 16.2. The summed E-state index contributed by atoms with van der Waals surface area (Å²) in [5.74, 6) is 3.52. The summed E-state index contributed by atoms with van der Waals surface area (Å²) < 4.78 is 6.87. The highest BCUT2D eigenvalue weighted by molar-refractivity contribution is 5.78. The number of nitrogens with zero attached hydrogens (tertiary/aromatic N) is 5. The van der Waals surface area contributed by atoms with E-state index in [0.717, 1.165) is 47.8 Å². The van der Waals surface area contributed by atoms with E-state index in [0.29, 0.717) is 16.6 Å². The third-order valence-electron chi connectivity index (χ3n) is 9.43. The van der Waals surface area contributed by atoms with Gasteiger partial charge in [0.2, 0.25) is 5.78 Å². The van der Waals surface area contributed by atoms with Crippen LogP contribution in [0, 0.1) is 30.1 Å². The monoisotopic (exact) mass is 471 g/mol. The molecule has 8 rings (SSSR count). The number of hydrogen-bond acceptors (Lipinski definition) is 3. The van der Waals surface area contributed by atoms with Gasteiger partial charge in [0.05, 0.1) is 5.69 Å². The normalized spacial score (nSPS) is 27.5. The van der Waals surface area contributed by atoms with Gasteiger partial charge in [0.1, 0.15) is 0 Å². The van der Waals surface area contributed by atoms with Crippen molar-refractivity contribution in [3.05, 3.63) is 56.9 Å². The van der Waals surface area contributed by atoms with Crippen LogP contribution in [0.4, 0.5) is 0 Å². The zero-order valence-electron chi connectivity index (χ0n) is 20.8. The maximum Gasteiger partial charge on any atom is 0.332 e. The maximum absolute atomic E-state index is 13.1. The molecule has 0 amide bonds. The molecule has 0 atom stereocenters. The lowest BCUT2D eigenvalue weighted by molar-refractivity contribution is -0.0590. The number of benzene rings is 1. The van der Waals surface area contributed by atoms with E-state index in [9.17, 15) is 9.59 Å². The van der Waals surface area contributed by atoms with Crippen molar-refractivity contribution in [2.45, 2.75) is 58.4 Å². The average Bonchev–Trinajstić information content (AvgIpc) is 3.36. The molecule has 0 N–H and O–H groups in total. The highest BCUT2D eigenvalue weighted by Crippen LogP contribution is 2.61. The summed E-state index contributed by atoms with van der Waals surface area (Å²) in [6.07, 6.45) is 11.7. The van der Waals surface area contributed by atoms with Crippen LogP contribution >= 0.6 is 0 Å². The van der Waals surface area contributed by atoms with Crippen molar-refractivity contribution in [2.24, 2.45) is 37.3 Å². The summed E-state index contributed by atoms with van der Waals surface area (Å²) in [6.45, 7) is 2.98. The van der Waals surface area contributed by atoms with E-state index < -0.39 is 0 Å². The molecule has 0 saturated heterocycles. The minimum atomic E-state index is -0.345. The molecule has 0 spiro atoms. The summed E-state index contributed by atoms with van der Waals surface area (Å²) in [4.78, 5) is 30.6. The molecule has 182 valence electrons. The van der Waals surface area contributed by atoms with Crippen LogP contribution in [0.2, 0.25) is 0 Å². The van der Waals surface area contributed by atoms with Gasteiger partial charge in [-0.3, -0.25) is 18.3 Å². The molecule has 1 aromatic carbocycles. The van der Waals surface area contributed by atoms with Gasteiger partial charge in [0.15, 0.2) is 11.2 Å². The standard InChI is InChI=1S/C28H33N5O2/c1-17-4-6-21(7-5-17)22-16-33-23-24(30(2)27(35)31(3)25(23)34)29-26(33)32(22)9-8-28-13-18-10-19(14-28)12-20(11-18)15-28/h4-7,16,18-20H,8-15H2,1-3H3. The first-order chi connectivity index (χ1) is 16.8. The van der Waals surface area contributed by atoms with E-state index in [1.165, 1.54) is 60.3 Å². The Balaban J connectivity index is 1.39. The van der Waals surface area contributed by atoms with Gasteiger partial charge < -0.3 is 4.57 Å². The molecule has 0 aliphatic heterocycles. The van der Waals surface area contributed by atoms with E-state index in [2.05, 4.69) is 35.8 Å². The summed E-state index contributed by atoms with van der Waals surface area (Å²) in [5, 5.41) is 0. The molecule has 35 heavy (non-hydrogen) atoms. The maximum atomic E-state index is 13.1. The van der Waals surface area contributed by atoms with Crippen molar-refractivity contribution >= 4 is 16.9 Å². The molecule has 3 heterocycles. The molecule has 4 bridgehead atoms. The molecular weight excluding hydrogens is 438 g/mol. The molecule has 4 aliphatic carbocycles. The molecule has 7 nitrogen and oxygen atoms in total. The van der Waals surface area contributed by atoms with Crippen molar-refractivity contribution < 1.29 is 0 Å². The summed E-state index contributed by atoms with van der Waals surface area (Å²) >= 11 is 0. The van der Waals surface area contributed by atoms with Gasteiger partial charge in [-0.1, -0.05) is 29.8 Å². The Morgan fingerprint density at radius 3 is 2.20 bits per heavy atom. The van der Waals surface area contributed by atoms with Crippen molar-refractivity contribution in [1.29, 1.82) is 0 Å². The van der Waals surface area contributed by atoms with Crippen LogP contribution in [0.5, 0.6) is 0 Å². The zero-order valence-corrected chi connectivity index (χ0v) is 20.8. The second kappa shape index (κ2) is 7.21. The zero-order chi connectivity index (χ0) is 24.1. The Morgan fingerprint density at radius 2 is 1.57 bits per heavy atom. The first-order valence-corrected chi connectivity index (χ1v) is 13.1. The van der Waals surface area contributed by atoms with E-state index >= 15 is 0 Å². The van der Waals surface area contributed by atoms with Crippen molar-refractivity contribution in [2.75, 3.05) is 0 Å². The van der Waals surface area contributed by atoms with Crippen LogP contribution in [0.1, 0.15) is 50.5 Å². The molecule has 4 fully saturated rings. The van der Waals surface area contributed by atoms with Crippen molar-refractivity contribution in [1.82, 2.24) is 23.1 Å². The van der Waals surface area contributed by atoms with Crippen LogP contribution < -0.4 is 11.2 Å². The van der Waals surface area contributed by atoms with E-state index in [-0.39, 0.29) is 11.2 Å². The summed E-state index contributed by atoms with van der Waals surface area (Å²) in [5.41, 5.74) is 4.15. The molecule has 4 aliphatic rings. The fourth-order valence-corrected chi connectivity index (χ4v) is 8.14. The first-order valence-electron chi connectivity index (χ1n) is 13.1. The van der Waals surface area contributed by atoms with Gasteiger partial charge in [-0.2, -0.15) is 4.98 Å². The Hall–Kier alpha value is -3.09. The van der Waals surface area contributed by atoms with E-state index in [1.807, 2.05) is 10.6 Å². The van der Waals surface area contributed by atoms with Gasteiger partial charge in [0.25, 0.3) is 5.56 Å². The number of hydrogen-bond donors (Lipinski definition) is 0. The van der Waals surface area contributed by atoms with Gasteiger partial charge in [-0.25, -0.2) is 4.79 Å². The largest absolute Gasteiger partial charge is 0.332 e. The lowest BCUT2D eigenvalue weighted by Crippen LogP contribution is -2.46. The van der Waals surface area contributed by atoms with Crippen LogP contribution in [-0.2, 0) is 20.6 Å². The van der Waals surface area contributed by atoms with Gasteiger partial charge >= 0.3 is 5.69 Å². The van der Waals surface area contributed by atoms with Crippen LogP contribution in [-0.4, -0.2) is 23.1 Å². The third-order valence-corrected chi connectivity index (χ3v) is 9.43. The lowest BCUT2D eigenvalue weighted by Gasteiger charge is -2.57. The van der Waals surface area contributed by atoms with E-state index in [4.69, 9.17) is 4.98 Å². The third kappa shape index (κ3) is 3.06. The molecular formula is C28H33N5O2. The van der Waals surface area contributed by atoms with Crippen LogP contribution in [0.25, 0.3) is 28.2 Å². The number of imidazole rings is 2. The Bertz CT molecular complexity index is 1560. The SMILES string of the molecule is Cc1ccc(-c2cn3c4c(=O)n(C)c(=O)n(C)c4nc3n2CCC23CC4CC(CC(C4)C2)C3)cc1. The Kier molecular flexibility index (Phi) is 4.37. The highest BCUT2D eigenvalue weighted by Gasteiger charge is 2.50. The number of aryl methyl sites for hydroxylation is 3. The predicted molar refractivity (Wildman–Crippen MR) is 137 cm³/mol. The van der Waals surface area contributed by atoms with Crippen molar-refractivity contribution in [3.8, 4) is 11.3 Å². The van der Waals surface area contributed by atoms with E-state index in [1.54, 1.807) is 7.05 Å². The number of fused-ring (bicyclic) bond motifs is 3. The second-order valence-electron chi connectivity index (χ2n) is 11.9. The molecule has 4 aromatic rings. The minimum Gasteiger partial charge on any atom is -0.310 e. The summed E-state index contributed by atoms with van der Waals surface area (Å²) in [6, 6.07) is 8.58. The second-order valence-corrected chi connectivity index (χ2v) is 11.9. The van der Waals surface area contributed by atoms with Crippen LogP contribution in [0.15, 0.2) is 40.1 Å². The predicted octanol–water partition coefficient (Wildman–Crippen LogP) is 4.27. The molecule has 0 unspecified atom stereocenters. The lowest BCUT2D eigenvalue weighted by atomic mass is 9.49. The van der Waals surface area contributed by atoms with Gasteiger partial charge in [0, 0.05) is 26.8 Å². The Morgan fingerprint density at radius 1 is 0.943 bits per heavy atom. The molecule has 4 saturated carbocycles. The molecule has 0 radical (unpaired) electrons. The fourth-order valence-electron chi connectivity index (χ4n) is 8.14. The molecule has 3 aromatic heterocycles. The van der Waals surface area contributed by atoms with Crippen LogP contribution in [0.3, 0.4) is 0 Å². The topological polar surface area (TPSA) is 66.2 Å². The number of aromatic nitrogens is 5. The quantitative estimate of drug-likeness (QED) is 0.447.